The van der Waals surface area contributed by atoms with Crippen LogP contribution >= 0.6 is 0 Å². The minimum atomic E-state index is -0.221. The lowest BCUT2D eigenvalue weighted by Gasteiger charge is -2.11. The fourth-order valence-corrected chi connectivity index (χ4v) is 1.80. The average Bonchev–Trinajstić information content (AvgIpc) is 2.49. The molecule has 2 aromatic rings. The van der Waals surface area contributed by atoms with Crippen LogP contribution in [0.5, 0.6) is 0 Å². The molecular weight excluding hydrogens is 266 g/mol. The molecule has 0 saturated heterocycles. The van der Waals surface area contributed by atoms with E-state index in [1.165, 1.54) is 0 Å². The molecule has 0 radical (unpaired) electrons. The predicted octanol–water partition coefficient (Wildman–Crippen LogP) is 2.45. The number of nitrogens with two attached hydrogens (primary N) is 1. The predicted molar refractivity (Wildman–Crippen MR) is 83.1 cm³/mol. The van der Waals surface area contributed by atoms with Crippen LogP contribution in [0.25, 0.3) is 0 Å². The third-order valence-corrected chi connectivity index (χ3v) is 3.02. The smallest absolute Gasteiger partial charge is 0.255 e. The van der Waals surface area contributed by atoms with Crippen LogP contribution in [0, 0.1) is 6.92 Å². The van der Waals surface area contributed by atoms with Crippen molar-refractivity contribution in [3.63, 3.8) is 0 Å². The van der Waals surface area contributed by atoms with E-state index in [-0.39, 0.29) is 11.8 Å². The van der Waals surface area contributed by atoms with Crippen LogP contribution in [0.4, 0.5) is 11.5 Å². The Labute approximate surface area is 123 Å². The summed E-state index contributed by atoms with van der Waals surface area (Å²) in [5.41, 5.74) is 5.34. The maximum atomic E-state index is 12.3. The molecule has 4 N–H and O–H groups in total. The second-order valence-electron chi connectivity index (χ2n) is 5.11. The number of anilines is 2. The van der Waals surface area contributed by atoms with Gasteiger partial charge in [-0.1, -0.05) is 13.8 Å². The van der Waals surface area contributed by atoms with Crippen molar-refractivity contribution in [2.24, 2.45) is 5.84 Å². The van der Waals surface area contributed by atoms with Gasteiger partial charge in [0.15, 0.2) is 0 Å². The summed E-state index contributed by atoms with van der Waals surface area (Å²) in [5.74, 6) is 5.85. The van der Waals surface area contributed by atoms with Crippen LogP contribution in [0.3, 0.4) is 0 Å². The number of carbonyl (C=O) groups is 1. The van der Waals surface area contributed by atoms with Gasteiger partial charge in [-0.25, -0.2) is 10.8 Å². The monoisotopic (exact) mass is 285 g/mol. The maximum absolute atomic E-state index is 12.3. The number of rotatable bonds is 4. The van der Waals surface area contributed by atoms with Crippen molar-refractivity contribution >= 4 is 17.4 Å². The zero-order valence-corrected chi connectivity index (χ0v) is 12.3. The number of amides is 1. The van der Waals surface area contributed by atoms with E-state index in [1.54, 1.807) is 18.3 Å². The molecule has 110 valence electrons. The first-order valence-corrected chi connectivity index (χ1v) is 6.72. The Morgan fingerprint density at radius 1 is 1.29 bits per heavy atom. The van der Waals surface area contributed by atoms with Gasteiger partial charge in [0.25, 0.3) is 5.91 Å². The lowest BCUT2D eigenvalue weighted by atomic mass is 10.1. The molecule has 6 heteroatoms. The third kappa shape index (κ3) is 3.76. The van der Waals surface area contributed by atoms with E-state index in [9.17, 15) is 4.79 Å². The van der Waals surface area contributed by atoms with Crippen molar-refractivity contribution in [2.75, 3.05) is 10.7 Å². The molecule has 0 bridgehead atoms. The molecule has 0 atom stereocenters. The highest BCUT2D eigenvalue weighted by Gasteiger charge is 2.12. The number of hydrazine groups is 1. The number of nitrogens with zero attached hydrogens (tertiary/aromatic N) is 2. The summed E-state index contributed by atoms with van der Waals surface area (Å²) >= 11 is 0. The topological polar surface area (TPSA) is 92.9 Å². The number of hydrogen-bond donors (Lipinski definition) is 3. The Balaban J connectivity index is 2.25. The van der Waals surface area contributed by atoms with Gasteiger partial charge >= 0.3 is 0 Å². The number of carbonyl (C=O) groups excluding carboxylic acids is 1. The minimum absolute atomic E-state index is 0.200. The van der Waals surface area contributed by atoms with E-state index in [0.717, 1.165) is 11.4 Å². The highest BCUT2D eigenvalue weighted by Crippen LogP contribution is 2.18. The van der Waals surface area contributed by atoms with Gasteiger partial charge in [-0.15, -0.1) is 0 Å². The average molecular weight is 285 g/mol. The molecule has 0 saturated carbocycles. The molecule has 2 rings (SSSR count). The van der Waals surface area contributed by atoms with Crippen molar-refractivity contribution in [3.8, 4) is 0 Å². The number of hydrogen-bond acceptors (Lipinski definition) is 5. The van der Waals surface area contributed by atoms with Gasteiger partial charge in [-0.05, 0) is 37.1 Å². The fraction of sp³-hybridized carbons (Fsp3) is 0.267. The SMILES string of the molecule is Cc1ccc(NC(=O)c2cc(NN)nc(C(C)C)c2)cn1. The Kier molecular flexibility index (Phi) is 4.49. The molecule has 0 fully saturated rings. The van der Waals surface area contributed by atoms with Crippen molar-refractivity contribution < 1.29 is 4.79 Å². The molecule has 2 aromatic heterocycles. The van der Waals surface area contributed by atoms with Gasteiger partial charge in [-0.3, -0.25) is 9.78 Å². The van der Waals surface area contributed by atoms with Gasteiger partial charge in [0, 0.05) is 17.0 Å². The Morgan fingerprint density at radius 3 is 2.62 bits per heavy atom. The van der Waals surface area contributed by atoms with E-state index in [1.807, 2.05) is 32.9 Å². The van der Waals surface area contributed by atoms with Gasteiger partial charge < -0.3 is 10.7 Å². The molecule has 0 aliphatic rings. The molecular formula is C15H19N5O. The molecule has 0 unspecified atom stereocenters. The lowest BCUT2D eigenvalue weighted by molar-refractivity contribution is 0.102. The molecule has 21 heavy (non-hydrogen) atoms. The molecule has 0 aliphatic heterocycles. The standard InChI is InChI=1S/C15H19N5O/c1-9(2)13-6-11(7-14(19-13)20-16)15(21)18-12-5-4-10(3)17-8-12/h4-9H,16H2,1-3H3,(H,18,21)(H,19,20). The van der Waals surface area contributed by atoms with Crippen LogP contribution in [-0.2, 0) is 0 Å². The fourth-order valence-electron chi connectivity index (χ4n) is 1.80. The molecule has 0 aromatic carbocycles. The van der Waals surface area contributed by atoms with E-state index >= 15 is 0 Å². The van der Waals surface area contributed by atoms with E-state index < -0.39 is 0 Å². The summed E-state index contributed by atoms with van der Waals surface area (Å²) < 4.78 is 0. The summed E-state index contributed by atoms with van der Waals surface area (Å²) in [5, 5.41) is 2.81. The molecule has 0 aliphatic carbocycles. The van der Waals surface area contributed by atoms with Gasteiger partial charge in [0.2, 0.25) is 0 Å². The lowest BCUT2D eigenvalue weighted by Crippen LogP contribution is -2.16. The summed E-state index contributed by atoms with van der Waals surface area (Å²) in [7, 11) is 0. The van der Waals surface area contributed by atoms with Crippen LogP contribution in [0.1, 0.15) is 41.5 Å². The Hall–Kier alpha value is -2.47. The van der Waals surface area contributed by atoms with Crippen molar-refractivity contribution in [1.82, 2.24) is 9.97 Å². The number of pyridine rings is 2. The normalized spacial score (nSPS) is 10.5. The zero-order valence-electron chi connectivity index (χ0n) is 12.3. The van der Waals surface area contributed by atoms with Gasteiger partial charge in [0.1, 0.15) is 5.82 Å². The van der Waals surface area contributed by atoms with Crippen LogP contribution in [-0.4, -0.2) is 15.9 Å². The van der Waals surface area contributed by atoms with Crippen molar-refractivity contribution in [3.05, 3.63) is 47.4 Å². The van der Waals surface area contributed by atoms with Crippen LogP contribution in [0.15, 0.2) is 30.5 Å². The largest absolute Gasteiger partial charge is 0.321 e. The number of aromatic nitrogens is 2. The molecule has 6 nitrogen and oxygen atoms in total. The minimum Gasteiger partial charge on any atom is -0.321 e. The van der Waals surface area contributed by atoms with E-state index in [0.29, 0.717) is 17.1 Å². The number of aryl methyl sites for hydroxylation is 1. The number of nitrogens with one attached hydrogen (secondary N) is 2. The highest BCUT2D eigenvalue weighted by atomic mass is 16.1. The van der Waals surface area contributed by atoms with Crippen molar-refractivity contribution in [2.45, 2.75) is 26.7 Å². The first-order chi connectivity index (χ1) is 9.99. The zero-order chi connectivity index (χ0) is 15.4. The Bertz CT molecular complexity index is 637. The summed E-state index contributed by atoms with van der Waals surface area (Å²) in [6, 6.07) is 7.03. The summed E-state index contributed by atoms with van der Waals surface area (Å²) in [4.78, 5) is 20.8. The number of nitrogen functional groups attached to an aromatic ring is 1. The maximum Gasteiger partial charge on any atom is 0.255 e. The Morgan fingerprint density at radius 2 is 2.05 bits per heavy atom. The highest BCUT2D eigenvalue weighted by molar-refractivity contribution is 6.04. The second kappa shape index (κ2) is 6.32. The summed E-state index contributed by atoms with van der Waals surface area (Å²) in [6.45, 7) is 5.91. The van der Waals surface area contributed by atoms with Gasteiger partial charge in [0.05, 0.1) is 11.9 Å². The summed E-state index contributed by atoms with van der Waals surface area (Å²) in [6.07, 6.45) is 1.62. The van der Waals surface area contributed by atoms with E-state index in [2.05, 4.69) is 20.7 Å². The van der Waals surface area contributed by atoms with E-state index in [4.69, 9.17) is 5.84 Å². The first-order valence-electron chi connectivity index (χ1n) is 6.72. The molecule has 2 heterocycles. The quantitative estimate of drug-likeness (QED) is 0.592. The first kappa shape index (κ1) is 14.9. The van der Waals surface area contributed by atoms with Crippen molar-refractivity contribution in [1.29, 1.82) is 0 Å². The second-order valence-corrected chi connectivity index (χ2v) is 5.11. The van der Waals surface area contributed by atoms with Gasteiger partial charge in [-0.2, -0.15) is 0 Å². The third-order valence-electron chi connectivity index (χ3n) is 3.02. The molecule has 1 amide bonds. The molecule has 0 spiro atoms. The van der Waals surface area contributed by atoms with Crippen LogP contribution in [0.2, 0.25) is 0 Å². The van der Waals surface area contributed by atoms with Crippen LogP contribution < -0.4 is 16.6 Å².